The van der Waals surface area contributed by atoms with E-state index < -0.39 is 5.54 Å². The minimum atomic E-state index is -0.461. The molecule has 0 atom stereocenters. The van der Waals surface area contributed by atoms with E-state index in [1.807, 2.05) is 30.3 Å². The van der Waals surface area contributed by atoms with Gasteiger partial charge in [0.2, 0.25) is 0 Å². The third kappa shape index (κ3) is 3.08. The molecule has 1 aliphatic rings. The normalized spacial score (nSPS) is 14.6. The van der Waals surface area contributed by atoms with Crippen molar-refractivity contribution in [1.82, 2.24) is 15.3 Å². The van der Waals surface area contributed by atoms with Crippen LogP contribution >= 0.6 is 0 Å². The molecular weight excluding hydrogens is 312 g/mol. The molecule has 25 heavy (non-hydrogen) atoms. The first kappa shape index (κ1) is 15.3. The van der Waals surface area contributed by atoms with Gasteiger partial charge >= 0.3 is 6.03 Å². The fraction of sp³-hybridized carbons (Fsp3) is 0.150. The molecule has 0 aliphatic heterocycles. The van der Waals surface area contributed by atoms with Gasteiger partial charge < -0.3 is 5.32 Å². The second kappa shape index (κ2) is 6.36. The van der Waals surface area contributed by atoms with E-state index in [2.05, 4.69) is 44.9 Å². The summed E-state index contributed by atoms with van der Waals surface area (Å²) in [6, 6.07) is 18.2. The third-order valence-corrected chi connectivity index (χ3v) is 4.59. The van der Waals surface area contributed by atoms with Crippen LogP contribution in [0.3, 0.4) is 0 Å². The molecule has 0 saturated heterocycles. The number of hydrogen-bond donors (Lipinski definition) is 2. The molecule has 5 heteroatoms. The lowest BCUT2D eigenvalue weighted by Crippen LogP contribution is -2.48. The number of carbonyl (C=O) groups excluding carboxylic acids is 1. The number of benzene rings is 2. The molecule has 0 fully saturated rings. The van der Waals surface area contributed by atoms with Crippen molar-refractivity contribution >= 4 is 11.8 Å². The van der Waals surface area contributed by atoms with E-state index in [0.29, 0.717) is 5.82 Å². The number of amides is 2. The van der Waals surface area contributed by atoms with Gasteiger partial charge in [-0.15, -0.1) is 0 Å². The predicted molar refractivity (Wildman–Crippen MR) is 96.2 cm³/mol. The maximum absolute atomic E-state index is 12.6. The van der Waals surface area contributed by atoms with Gasteiger partial charge in [-0.05, 0) is 16.7 Å². The van der Waals surface area contributed by atoms with Crippen LogP contribution in [0.25, 0.3) is 0 Å². The minimum Gasteiger partial charge on any atom is -0.328 e. The summed E-state index contributed by atoms with van der Waals surface area (Å²) in [5.41, 5.74) is 3.18. The molecule has 5 nitrogen and oxygen atoms in total. The Morgan fingerprint density at radius 2 is 1.60 bits per heavy atom. The lowest BCUT2D eigenvalue weighted by Gasteiger charge is -2.31. The average molecular weight is 330 g/mol. The number of rotatable bonds is 3. The van der Waals surface area contributed by atoms with Crippen LogP contribution in [0, 0.1) is 0 Å². The summed E-state index contributed by atoms with van der Waals surface area (Å²) in [6.45, 7) is 0. The Kier molecular flexibility index (Phi) is 3.90. The van der Waals surface area contributed by atoms with Crippen molar-refractivity contribution in [2.75, 3.05) is 5.32 Å². The number of urea groups is 1. The van der Waals surface area contributed by atoms with Gasteiger partial charge in [-0.1, -0.05) is 54.6 Å². The Morgan fingerprint density at radius 3 is 2.24 bits per heavy atom. The SMILES string of the molecule is O=C(Nc1cnccn1)NC1(c2ccccc2)Cc2ccccc2C1. The highest BCUT2D eigenvalue weighted by molar-refractivity contribution is 5.88. The molecule has 1 aromatic heterocycles. The molecule has 0 bridgehead atoms. The third-order valence-electron chi connectivity index (χ3n) is 4.59. The van der Waals surface area contributed by atoms with E-state index >= 15 is 0 Å². The fourth-order valence-corrected chi connectivity index (χ4v) is 3.47. The van der Waals surface area contributed by atoms with Gasteiger partial charge in [0.15, 0.2) is 5.82 Å². The van der Waals surface area contributed by atoms with Crippen molar-refractivity contribution in [3.8, 4) is 0 Å². The van der Waals surface area contributed by atoms with E-state index in [1.54, 1.807) is 12.4 Å². The quantitative estimate of drug-likeness (QED) is 0.774. The van der Waals surface area contributed by atoms with Crippen LogP contribution < -0.4 is 10.6 Å². The average Bonchev–Trinajstić information content (AvgIpc) is 3.02. The summed E-state index contributed by atoms with van der Waals surface area (Å²) in [5.74, 6) is 0.429. The number of aromatic nitrogens is 2. The Hall–Kier alpha value is -3.21. The van der Waals surface area contributed by atoms with Crippen molar-refractivity contribution < 1.29 is 4.79 Å². The summed E-state index contributed by atoms with van der Waals surface area (Å²) < 4.78 is 0. The zero-order chi connectivity index (χ0) is 17.1. The highest BCUT2D eigenvalue weighted by atomic mass is 16.2. The van der Waals surface area contributed by atoms with Gasteiger partial charge in [-0.3, -0.25) is 10.3 Å². The number of anilines is 1. The van der Waals surface area contributed by atoms with Gasteiger partial charge in [0.05, 0.1) is 11.7 Å². The molecule has 2 amide bonds. The monoisotopic (exact) mass is 330 g/mol. The van der Waals surface area contributed by atoms with Gasteiger partial charge in [0.1, 0.15) is 0 Å². The molecule has 2 aromatic carbocycles. The Morgan fingerprint density at radius 1 is 0.920 bits per heavy atom. The maximum Gasteiger partial charge on any atom is 0.321 e. The van der Waals surface area contributed by atoms with Crippen LogP contribution in [0.15, 0.2) is 73.2 Å². The van der Waals surface area contributed by atoms with Gasteiger partial charge in [0.25, 0.3) is 0 Å². The zero-order valence-corrected chi connectivity index (χ0v) is 13.6. The highest BCUT2D eigenvalue weighted by Gasteiger charge is 2.40. The van der Waals surface area contributed by atoms with Crippen LogP contribution in [0.2, 0.25) is 0 Å². The van der Waals surface area contributed by atoms with Crippen molar-refractivity contribution in [3.05, 3.63) is 89.9 Å². The molecule has 0 spiro atoms. The Balaban J connectivity index is 1.63. The number of carbonyl (C=O) groups is 1. The smallest absolute Gasteiger partial charge is 0.321 e. The second-order valence-corrected chi connectivity index (χ2v) is 6.24. The van der Waals surface area contributed by atoms with E-state index in [0.717, 1.165) is 18.4 Å². The van der Waals surface area contributed by atoms with Gasteiger partial charge in [-0.25, -0.2) is 9.78 Å². The van der Waals surface area contributed by atoms with Crippen molar-refractivity contribution in [2.45, 2.75) is 18.4 Å². The molecule has 1 heterocycles. The van der Waals surface area contributed by atoms with Crippen LogP contribution in [0.4, 0.5) is 10.6 Å². The summed E-state index contributed by atoms with van der Waals surface area (Å²) in [5, 5.41) is 5.95. The van der Waals surface area contributed by atoms with Crippen molar-refractivity contribution in [1.29, 1.82) is 0 Å². The van der Waals surface area contributed by atoms with E-state index in [1.165, 1.54) is 17.3 Å². The van der Waals surface area contributed by atoms with E-state index in [4.69, 9.17) is 0 Å². The number of fused-ring (bicyclic) bond motifs is 1. The number of nitrogens with one attached hydrogen (secondary N) is 2. The lowest BCUT2D eigenvalue weighted by atomic mass is 9.87. The zero-order valence-electron chi connectivity index (χ0n) is 13.6. The highest BCUT2D eigenvalue weighted by Crippen LogP contribution is 2.37. The first-order valence-electron chi connectivity index (χ1n) is 8.23. The molecule has 0 unspecified atom stereocenters. The number of hydrogen-bond acceptors (Lipinski definition) is 3. The summed E-state index contributed by atoms with van der Waals surface area (Å²) in [6.07, 6.45) is 6.18. The first-order valence-corrected chi connectivity index (χ1v) is 8.23. The first-order chi connectivity index (χ1) is 12.3. The van der Waals surface area contributed by atoms with Crippen LogP contribution in [-0.4, -0.2) is 16.0 Å². The van der Waals surface area contributed by atoms with Gasteiger partial charge in [-0.2, -0.15) is 0 Å². The summed E-state index contributed by atoms with van der Waals surface area (Å²) in [7, 11) is 0. The topological polar surface area (TPSA) is 66.9 Å². The fourth-order valence-electron chi connectivity index (χ4n) is 3.47. The minimum absolute atomic E-state index is 0.280. The molecule has 0 radical (unpaired) electrons. The van der Waals surface area contributed by atoms with Crippen LogP contribution in [0.5, 0.6) is 0 Å². The van der Waals surface area contributed by atoms with Crippen molar-refractivity contribution in [3.63, 3.8) is 0 Å². The molecule has 3 aromatic rings. The van der Waals surface area contributed by atoms with E-state index in [-0.39, 0.29) is 6.03 Å². The molecule has 124 valence electrons. The van der Waals surface area contributed by atoms with Crippen molar-refractivity contribution in [2.24, 2.45) is 0 Å². The lowest BCUT2D eigenvalue weighted by molar-refractivity contribution is 0.237. The molecular formula is C20H18N4O. The molecule has 2 N–H and O–H groups in total. The van der Waals surface area contributed by atoms with Crippen LogP contribution in [0.1, 0.15) is 16.7 Å². The van der Waals surface area contributed by atoms with Crippen LogP contribution in [-0.2, 0) is 18.4 Å². The summed E-state index contributed by atoms with van der Waals surface area (Å²) in [4.78, 5) is 20.7. The predicted octanol–water partition coefficient (Wildman–Crippen LogP) is 3.29. The second-order valence-electron chi connectivity index (χ2n) is 6.24. The maximum atomic E-state index is 12.6. The Bertz CT molecular complexity index is 855. The van der Waals surface area contributed by atoms with Gasteiger partial charge in [0, 0.05) is 25.2 Å². The summed E-state index contributed by atoms with van der Waals surface area (Å²) >= 11 is 0. The van der Waals surface area contributed by atoms with E-state index in [9.17, 15) is 4.79 Å². The Labute approximate surface area is 146 Å². The molecule has 0 saturated carbocycles. The molecule has 1 aliphatic carbocycles. The molecule has 4 rings (SSSR count). The largest absolute Gasteiger partial charge is 0.328 e. The standard InChI is InChI=1S/C20H18N4O/c25-19(23-18-14-21-10-11-22-18)24-20(17-8-2-1-3-9-17)12-15-6-4-5-7-16(15)13-20/h1-11,14H,12-13H2,(H2,22,23,24,25). The number of nitrogens with zero attached hydrogens (tertiary/aromatic N) is 2.